The molecule has 0 spiro atoms. The van der Waals surface area contributed by atoms with E-state index < -0.39 is 11.0 Å². The fraction of sp³-hybridized carbons (Fsp3) is 0.389. The van der Waals surface area contributed by atoms with Crippen molar-refractivity contribution in [1.29, 1.82) is 0 Å². The number of aromatic nitrogens is 2. The number of hydrogen-bond acceptors (Lipinski definition) is 6. The van der Waals surface area contributed by atoms with Crippen LogP contribution < -0.4 is 10.3 Å². The summed E-state index contributed by atoms with van der Waals surface area (Å²) in [6.45, 7) is 4.41. The smallest absolute Gasteiger partial charge is 0.410 e. The van der Waals surface area contributed by atoms with Crippen LogP contribution in [0.3, 0.4) is 0 Å². The molecular weight excluding hydrogens is 352 g/mol. The van der Waals surface area contributed by atoms with Gasteiger partial charge in [-0.15, -0.1) is 0 Å². The molecule has 0 saturated carbocycles. The molecule has 1 aromatic heterocycles. The van der Waals surface area contributed by atoms with E-state index in [9.17, 15) is 19.7 Å². The maximum absolute atomic E-state index is 12.4. The number of likely N-dealkylation sites (tertiary alicyclic amines) is 1. The third-order valence-electron chi connectivity index (χ3n) is 4.49. The van der Waals surface area contributed by atoms with E-state index in [1.54, 1.807) is 13.0 Å². The zero-order chi connectivity index (χ0) is 19.6. The molecule has 1 unspecified atom stereocenters. The topological polar surface area (TPSA) is 108 Å². The molecule has 2 aromatic rings. The Morgan fingerprint density at radius 2 is 2.00 bits per heavy atom. The van der Waals surface area contributed by atoms with Crippen molar-refractivity contribution in [1.82, 2.24) is 14.7 Å². The Kier molecular flexibility index (Phi) is 5.20. The van der Waals surface area contributed by atoms with Crippen LogP contribution >= 0.6 is 0 Å². The molecule has 1 atom stereocenters. The van der Waals surface area contributed by atoms with E-state index in [4.69, 9.17) is 4.74 Å². The lowest BCUT2D eigenvalue weighted by Gasteiger charge is -2.32. The minimum absolute atomic E-state index is 0.0758. The van der Waals surface area contributed by atoms with Gasteiger partial charge in [-0.25, -0.2) is 9.48 Å². The summed E-state index contributed by atoms with van der Waals surface area (Å²) in [6.07, 6.45) is 0.920. The van der Waals surface area contributed by atoms with E-state index >= 15 is 0 Å². The average Bonchev–Trinajstić information content (AvgIpc) is 2.65. The maximum Gasteiger partial charge on any atom is 0.415 e. The van der Waals surface area contributed by atoms with Gasteiger partial charge < -0.3 is 9.64 Å². The quantitative estimate of drug-likeness (QED) is 0.605. The number of carbonyl (C=O) groups is 1. The fourth-order valence-electron chi connectivity index (χ4n) is 3.17. The summed E-state index contributed by atoms with van der Waals surface area (Å²) in [4.78, 5) is 36.5. The van der Waals surface area contributed by atoms with Crippen molar-refractivity contribution < 1.29 is 14.5 Å². The second kappa shape index (κ2) is 7.56. The van der Waals surface area contributed by atoms with Crippen LogP contribution in [0, 0.1) is 24.0 Å². The molecule has 142 valence electrons. The Morgan fingerprint density at radius 1 is 1.30 bits per heavy atom. The number of piperidine rings is 1. The van der Waals surface area contributed by atoms with Crippen LogP contribution in [0.1, 0.15) is 30.1 Å². The Morgan fingerprint density at radius 3 is 2.67 bits per heavy atom. The number of carbonyl (C=O) groups excluding carboxylic acids is 1. The fourth-order valence-corrected chi connectivity index (χ4v) is 3.17. The minimum atomic E-state index is -0.550. The van der Waals surface area contributed by atoms with Crippen LogP contribution in [0.4, 0.5) is 10.5 Å². The number of benzene rings is 1. The van der Waals surface area contributed by atoms with E-state index in [-0.39, 0.29) is 23.0 Å². The number of nitrogens with zero attached hydrogens (tertiary/aromatic N) is 4. The molecule has 2 heterocycles. The Balaban J connectivity index is 1.71. The van der Waals surface area contributed by atoms with E-state index in [1.807, 2.05) is 6.92 Å². The maximum atomic E-state index is 12.4. The third-order valence-corrected chi connectivity index (χ3v) is 4.49. The molecule has 0 N–H and O–H groups in total. The second-order valence-electron chi connectivity index (χ2n) is 6.58. The molecule has 0 bridgehead atoms. The van der Waals surface area contributed by atoms with Gasteiger partial charge in [0.25, 0.3) is 11.2 Å². The molecule has 0 radical (unpaired) electrons. The molecule has 1 amide bonds. The number of nitro benzene ring substituents is 1. The Labute approximate surface area is 155 Å². The molecule has 9 nitrogen and oxygen atoms in total. The van der Waals surface area contributed by atoms with Crippen molar-refractivity contribution in [3.05, 3.63) is 62.1 Å². The molecule has 1 aliphatic rings. The summed E-state index contributed by atoms with van der Waals surface area (Å²) in [5.41, 5.74) is 1.13. The van der Waals surface area contributed by atoms with Gasteiger partial charge in [0.2, 0.25) is 0 Å². The SMILES string of the molecule is Cc1cc(C)c(=O)n(C2CCCN(C(=O)Oc3ccc([N+](=O)[O-])cc3)C2)n1. The number of amides is 1. The standard InChI is InChI=1S/C18H20N4O5/c1-12-10-13(2)19-21(17(12)23)15-4-3-9-20(11-15)18(24)27-16-7-5-14(6-8-16)22(25)26/h5-8,10,15H,3-4,9,11H2,1-2H3. The van der Waals surface area contributed by atoms with Crippen LogP contribution in [0.25, 0.3) is 0 Å². The first kappa shape index (κ1) is 18.6. The summed E-state index contributed by atoms with van der Waals surface area (Å²) < 4.78 is 6.76. The summed E-state index contributed by atoms with van der Waals surface area (Å²) in [5, 5.41) is 15.0. The molecule has 1 aliphatic heterocycles. The van der Waals surface area contributed by atoms with Crippen molar-refractivity contribution >= 4 is 11.8 Å². The first-order valence-electron chi connectivity index (χ1n) is 8.63. The van der Waals surface area contributed by atoms with Gasteiger partial charge in [-0.3, -0.25) is 14.9 Å². The number of nitro groups is 1. The van der Waals surface area contributed by atoms with Crippen molar-refractivity contribution in [2.45, 2.75) is 32.7 Å². The van der Waals surface area contributed by atoms with Gasteiger partial charge >= 0.3 is 6.09 Å². The van der Waals surface area contributed by atoms with E-state index in [1.165, 1.54) is 33.8 Å². The molecule has 9 heteroatoms. The first-order valence-corrected chi connectivity index (χ1v) is 8.63. The molecular formula is C18H20N4O5. The highest BCUT2D eigenvalue weighted by molar-refractivity contribution is 5.71. The minimum Gasteiger partial charge on any atom is -0.410 e. The average molecular weight is 372 g/mol. The predicted molar refractivity (Wildman–Crippen MR) is 96.9 cm³/mol. The second-order valence-corrected chi connectivity index (χ2v) is 6.58. The lowest BCUT2D eigenvalue weighted by molar-refractivity contribution is -0.384. The van der Waals surface area contributed by atoms with Crippen LogP contribution in [-0.2, 0) is 0 Å². The molecule has 27 heavy (non-hydrogen) atoms. The van der Waals surface area contributed by atoms with Gasteiger partial charge in [0.05, 0.1) is 16.7 Å². The van der Waals surface area contributed by atoms with Crippen LogP contribution in [0.2, 0.25) is 0 Å². The number of non-ortho nitro benzene ring substituents is 1. The van der Waals surface area contributed by atoms with Crippen molar-refractivity contribution in [3.8, 4) is 5.75 Å². The number of rotatable bonds is 3. The van der Waals surface area contributed by atoms with Crippen LogP contribution in [0.5, 0.6) is 5.75 Å². The molecule has 1 saturated heterocycles. The zero-order valence-corrected chi connectivity index (χ0v) is 15.1. The summed E-state index contributed by atoms with van der Waals surface area (Å²) >= 11 is 0. The van der Waals surface area contributed by atoms with Gasteiger partial charge in [0.15, 0.2) is 0 Å². The highest BCUT2D eigenvalue weighted by atomic mass is 16.6. The van der Waals surface area contributed by atoms with Gasteiger partial charge in [-0.2, -0.15) is 5.10 Å². The summed E-state index contributed by atoms with van der Waals surface area (Å²) in [6, 6.07) is 6.85. The zero-order valence-electron chi connectivity index (χ0n) is 15.1. The lowest BCUT2D eigenvalue weighted by Crippen LogP contribution is -2.45. The summed E-state index contributed by atoms with van der Waals surface area (Å²) in [7, 11) is 0. The molecule has 1 fully saturated rings. The van der Waals surface area contributed by atoms with Crippen molar-refractivity contribution in [3.63, 3.8) is 0 Å². The van der Waals surface area contributed by atoms with Gasteiger partial charge in [-0.05, 0) is 44.9 Å². The normalized spacial score (nSPS) is 16.8. The number of hydrogen-bond donors (Lipinski definition) is 0. The van der Waals surface area contributed by atoms with E-state index in [0.29, 0.717) is 18.7 Å². The number of ether oxygens (including phenoxy) is 1. The van der Waals surface area contributed by atoms with Gasteiger partial charge in [0, 0.05) is 30.8 Å². The molecule has 0 aliphatic carbocycles. The first-order chi connectivity index (χ1) is 12.8. The summed E-state index contributed by atoms with van der Waals surface area (Å²) in [5.74, 6) is 0.231. The highest BCUT2D eigenvalue weighted by Gasteiger charge is 2.27. The van der Waals surface area contributed by atoms with E-state index in [0.717, 1.165) is 18.5 Å². The Bertz CT molecular complexity index is 922. The lowest BCUT2D eigenvalue weighted by atomic mass is 10.1. The van der Waals surface area contributed by atoms with Gasteiger partial charge in [0.1, 0.15) is 5.75 Å². The van der Waals surface area contributed by atoms with Gasteiger partial charge in [-0.1, -0.05) is 0 Å². The Hall–Kier alpha value is -3.23. The highest BCUT2D eigenvalue weighted by Crippen LogP contribution is 2.22. The monoisotopic (exact) mass is 372 g/mol. The van der Waals surface area contributed by atoms with Crippen LogP contribution in [-0.4, -0.2) is 38.8 Å². The van der Waals surface area contributed by atoms with Crippen LogP contribution in [0.15, 0.2) is 35.1 Å². The van der Waals surface area contributed by atoms with Crippen molar-refractivity contribution in [2.75, 3.05) is 13.1 Å². The molecule has 3 rings (SSSR count). The third kappa shape index (κ3) is 4.13. The van der Waals surface area contributed by atoms with Crippen molar-refractivity contribution in [2.24, 2.45) is 0 Å². The predicted octanol–water partition coefficient (Wildman–Crippen LogP) is 2.60. The van der Waals surface area contributed by atoms with E-state index in [2.05, 4.69) is 5.10 Å². The number of aryl methyl sites for hydroxylation is 2. The largest absolute Gasteiger partial charge is 0.415 e. The molecule has 1 aromatic carbocycles.